The molecular formula is C22H21BrN6O3. The number of nitrogens with zero attached hydrogens (tertiary/aromatic N) is 5. The monoisotopic (exact) mass is 496 g/mol. The lowest BCUT2D eigenvalue weighted by Gasteiger charge is -2.37. The van der Waals surface area contributed by atoms with E-state index in [1.165, 1.54) is 4.90 Å². The number of urea groups is 1. The second kappa shape index (κ2) is 7.63. The first-order chi connectivity index (χ1) is 15.4. The summed E-state index contributed by atoms with van der Waals surface area (Å²) in [5.41, 5.74) is 2.87. The molecule has 1 fully saturated rings. The fourth-order valence-electron chi connectivity index (χ4n) is 4.41. The number of carbonyl (C=O) groups excluding carboxylic acids is 2. The predicted octanol–water partition coefficient (Wildman–Crippen LogP) is 3.09. The number of halogens is 1. The first kappa shape index (κ1) is 20.5. The number of imide groups is 1. The summed E-state index contributed by atoms with van der Waals surface area (Å²) < 4.78 is 8.25. The van der Waals surface area contributed by atoms with Crippen LogP contribution >= 0.6 is 15.9 Å². The van der Waals surface area contributed by atoms with Crippen LogP contribution in [0.15, 0.2) is 46.9 Å². The van der Waals surface area contributed by atoms with Crippen molar-refractivity contribution in [2.24, 2.45) is 0 Å². The number of amides is 3. The average molecular weight is 497 g/mol. The number of carbonyl (C=O) groups is 2. The lowest BCUT2D eigenvalue weighted by atomic mass is 10.1. The zero-order valence-electron chi connectivity index (χ0n) is 17.7. The Morgan fingerprint density at radius 1 is 1.16 bits per heavy atom. The number of aryl methyl sites for hydroxylation is 1. The second-order valence-electron chi connectivity index (χ2n) is 7.92. The molecular weight excluding hydrogens is 476 g/mol. The molecule has 3 heterocycles. The summed E-state index contributed by atoms with van der Waals surface area (Å²) in [6, 6.07) is 12.6. The standard InChI is InChI=1S/C22H21BrN6O3/c1-12-5-4-6-13(9-12)11-28-17-19(30)24-22(31)27(2)20(17)29-18(25-26-21(28)29)15-10-14(23)7-8-16(15)32-3/h4-10,17,20H,11H2,1-3H3,(H,24,30,31). The molecule has 0 bridgehead atoms. The molecule has 3 amide bonds. The van der Waals surface area contributed by atoms with E-state index in [-0.39, 0.29) is 5.91 Å². The molecule has 164 valence electrons. The van der Waals surface area contributed by atoms with E-state index in [0.717, 1.165) is 15.6 Å². The normalized spacial score (nSPS) is 19.6. The summed E-state index contributed by atoms with van der Waals surface area (Å²) in [4.78, 5) is 28.9. The predicted molar refractivity (Wildman–Crippen MR) is 121 cm³/mol. The van der Waals surface area contributed by atoms with E-state index >= 15 is 0 Å². The van der Waals surface area contributed by atoms with Crippen LogP contribution in [0, 0.1) is 6.92 Å². The van der Waals surface area contributed by atoms with Crippen LogP contribution in [0.2, 0.25) is 0 Å². The minimum absolute atomic E-state index is 0.358. The zero-order chi connectivity index (χ0) is 22.6. The van der Waals surface area contributed by atoms with Crippen molar-refractivity contribution in [1.82, 2.24) is 25.0 Å². The smallest absolute Gasteiger partial charge is 0.325 e. The van der Waals surface area contributed by atoms with Gasteiger partial charge in [-0.2, -0.15) is 0 Å². The molecule has 0 aliphatic carbocycles. The number of hydrogen-bond donors (Lipinski definition) is 1. The van der Waals surface area contributed by atoms with Crippen molar-refractivity contribution in [2.45, 2.75) is 25.7 Å². The van der Waals surface area contributed by atoms with Gasteiger partial charge in [0, 0.05) is 18.1 Å². The third-order valence-corrected chi connectivity index (χ3v) is 6.36. The molecule has 32 heavy (non-hydrogen) atoms. The van der Waals surface area contributed by atoms with E-state index < -0.39 is 18.2 Å². The van der Waals surface area contributed by atoms with Crippen LogP contribution in [0.4, 0.5) is 10.7 Å². The number of benzene rings is 2. The van der Waals surface area contributed by atoms with Crippen molar-refractivity contribution in [1.29, 1.82) is 0 Å². The van der Waals surface area contributed by atoms with Gasteiger partial charge in [0.15, 0.2) is 11.9 Å². The van der Waals surface area contributed by atoms with Crippen LogP contribution < -0.4 is 15.0 Å². The van der Waals surface area contributed by atoms with Crippen molar-refractivity contribution in [3.8, 4) is 17.1 Å². The number of anilines is 1. The van der Waals surface area contributed by atoms with Crippen LogP contribution in [-0.4, -0.2) is 51.8 Å². The molecule has 10 heteroatoms. The Hall–Kier alpha value is -3.40. The quantitative estimate of drug-likeness (QED) is 0.596. The van der Waals surface area contributed by atoms with Gasteiger partial charge in [0.2, 0.25) is 5.95 Å². The Morgan fingerprint density at radius 2 is 1.97 bits per heavy atom. The molecule has 2 atom stereocenters. The Balaban J connectivity index is 1.68. The zero-order valence-corrected chi connectivity index (χ0v) is 19.3. The Kier molecular flexibility index (Phi) is 4.89. The van der Waals surface area contributed by atoms with Gasteiger partial charge in [0.1, 0.15) is 11.9 Å². The van der Waals surface area contributed by atoms with Crippen molar-refractivity contribution in [2.75, 3.05) is 19.1 Å². The number of methoxy groups -OCH3 is 1. The average Bonchev–Trinajstić information content (AvgIpc) is 3.31. The van der Waals surface area contributed by atoms with Gasteiger partial charge >= 0.3 is 6.03 Å². The Bertz CT molecular complexity index is 1240. The van der Waals surface area contributed by atoms with Gasteiger partial charge in [0.25, 0.3) is 5.91 Å². The minimum Gasteiger partial charge on any atom is -0.496 e. The summed E-state index contributed by atoms with van der Waals surface area (Å²) in [5, 5.41) is 11.3. The highest BCUT2D eigenvalue weighted by atomic mass is 79.9. The molecule has 0 radical (unpaired) electrons. The lowest BCUT2D eigenvalue weighted by molar-refractivity contribution is -0.124. The number of ether oxygens (including phenoxy) is 1. The van der Waals surface area contributed by atoms with Crippen molar-refractivity contribution in [3.63, 3.8) is 0 Å². The first-order valence-corrected chi connectivity index (χ1v) is 10.9. The molecule has 2 aliphatic heterocycles. The van der Waals surface area contributed by atoms with Crippen molar-refractivity contribution < 1.29 is 14.3 Å². The second-order valence-corrected chi connectivity index (χ2v) is 8.83. The van der Waals surface area contributed by atoms with Gasteiger partial charge < -0.3 is 14.5 Å². The largest absolute Gasteiger partial charge is 0.496 e. The molecule has 1 N–H and O–H groups in total. The number of rotatable bonds is 4. The number of hydrogen-bond acceptors (Lipinski definition) is 6. The van der Waals surface area contributed by atoms with E-state index in [4.69, 9.17) is 4.74 Å². The molecule has 0 saturated carbocycles. The van der Waals surface area contributed by atoms with Crippen LogP contribution in [0.1, 0.15) is 17.3 Å². The highest BCUT2D eigenvalue weighted by molar-refractivity contribution is 9.10. The van der Waals surface area contributed by atoms with E-state index in [2.05, 4.69) is 37.5 Å². The van der Waals surface area contributed by atoms with Crippen LogP contribution in [0.25, 0.3) is 11.4 Å². The third-order valence-electron chi connectivity index (χ3n) is 5.87. The highest BCUT2D eigenvalue weighted by Gasteiger charge is 2.52. The molecule has 2 aliphatic rings. The van der Waals surface area contributed by atoms with Gasteiger partial charge in [-0.05, 0) is 30.7 Å². The molecule has 1 saturated heterocycles. The Labute approximate surface area is 193 Å². The maximum absolute atomic E-state index is 13.0. The maximum Gasteiger partial charge on any atom is 0.325 e. The van der Waals surface area contributed by atoms with Gasteiger partial charge in [-0.1, -0.05) is 45.8 Å². The Morgan fingerprint density at radius 3 is 2.72 bits per heavy atom. The number of nitrogens with one attached hydrogen (secondary N) is 1. The molecule has 0 spiro atoms. The molecule has 2 unspecified atom stereocenters. The molecule has 2 aromatic carbocycles. The molecule has 5 rings (SSSR count). The first-order valence-electron chi connectivity index (χ1n) is 10.1. The van der Waals surface area contributed by atoms with Crippen LogP contribution in [0.3, 0.4) is 0 Å². The SMILES string of the molecule is COc1ccc(Br)cc1-c1nnc2n1C1C(C(=O)NC(=O)N1C)N2Cc1cccc(C)c1. The number of likely N-dealkylation sites (N-methyl/N-ethyl adjacent to an activating group) is 1. The summed E-state index contributed by atoms with van der Waals surface area (Å²) in [6.45, 7) is 2.47. The topological polar surface area (TPSA) is 92.6 Å². The minimum atomic E-state index is -0.638. The van der Waals surface area contributed by atoms with Crippen LogP contribution in [0.5, 0.6) is 5.75 Å². The fraction of sp³-hybridized carbons (Fsp3) is 0.273. The van der Waals surface area contributed by atoms with E-state index in [0.29, 0.717) is 29.6 Å². The molecule has 3 aromatic rings. The summed E-state index contributed by atoms with van der Waals surface area (Å²) in [5.74, 6) is 1.30. The van der Waals surface area contributed by atoms with Crippen molar-refractivity contribution >= 4 is 33.8 Å². The summed E-state index contributed by atoms with van der Waals surface area (Å²) >= 11 is 3.50. The van der Waals surface area contributed by atoms with Crippen LogP contribution in [-0.2, 0) is 11.3 Å². The number of fused-ring (bicyclic) bond motifs is 3. The summed E-state index contributed by atoms with van der Waals surface area (Å²) in [7, 11) is 3.26. The summed E-state index contributed by atoms with van der Waals surface area (Å²) in [6.07, 6.45) is -0.593. The number of aromatic nitrogens is 3. The van der Waals surface area contributed by atoms with Gasteiger partial charge in [-0.25, -0.2) is 4.79 Å². The van der Waals surface area contributed by atoms with E-state index in [1.54, 1.807) is 14.2 Å². The van der Waals surface area contributed by atoms with E-state index in [9.17, 15) is 9.59 Å². The highest BCUT2D eigenvalue weighted by Crippen LogP contribution is 2.43. The molecule has 1 aromatic heterocycles. The van der Waals surface area contributed by atoms with Gasteiger partial charge in [0.05, 0.1) is 12.7 Å². The van der Waals surface area contributed by atoms with Gasteiger partial charge in [-0.15, -0.1) is 10.2 Å². The van der Waals surface area contributed by atoms with E-state index in [1.807, 2.05) is 52.8 Å². The van der Waals surface area contributed by atoms with Crippen molar-refractivity contribution in [3.05, 3.63) is 58.1 Å². The third kappa shape index (κ3) is 3.13. The fourth-order valence-corrected chi connectivity index (χ4v) is 4.77. The lowest BCUT2D eigenvalue weighted by Crippen LogP contribution is -2.61. The van der Waals surface area contributed by atoms with Gasteiger partial charge in [-0.3, -0.25) is 14.7 Å². The maximum atomic E-state index is 13.0. The molecule has 9 nitrogen and oxygen atoms in total.